The number of halogens is 1. The van der Waals surface area contributed by atoms with Gasteiger partial charge in [0.2, 0.25) is 10.0 Å². The van der Waals surface area contributed by atoms with Gasteiger partial charge in [-0.3, -0.25) is 9.10 Å². The summed E-state index contributed by atoms with van der Waals surface area (Å²) in [5.74, 6) is 0.119. The van der Waals surface area contributed by atoms with E-state index in [1.807, 2.05) is 0 Å². The molecule has 1 N–H and O–H groups in total. The molecule has 0 spiro atoms. The van der Waals surface area contributed by atoms with Crippen LogP contribution in [0.2, 0.25) is 0 Å². The number of carbonyl (C=O) groups excluding carboxylic acids is 1. The Morgan fingerprint density at radius 2 is 1.72 bits per heavy atom. The summed E-state index contributed by atoms with van der Waals surface area (Å²) < 4.78 is 39.7. The van der Waals surface area contributed by atoms with Crippen molar-refractivity contribution in [2.45, 2.75) is 32.1 Å². The lowest BCUT2D eigenvalue weighted by Crippen LogP contribution is -2.30. The van der Waals surface area contributed by atoms with Gasteiger partial charge in [-0.15, -0.1) is 0 Å². The number of hydrogen-bond donors (Lipinski definition) is 1. The number of carbonyl (C=O) groups is 1. The zero-order chi connectivity index (χ0) is 21.7. The molecule has 0 aliphatic rings. The average Bonchev–Trinajstić information content (AvgIpc) is 2.63. The highest BCUT2D eigenvalue weighted by molar-refractivity contribution is 8.00. The van der Waals surface area contributed by atoms with E-state index in [4.69, 9.17) is 0 Å². The lowest BCUT2D eigenvalue weighted by Gasteiger charge is -2.23. The van der Waals surface area contributed by atoms with Gasteiger partial charge in [0, 0.05) is 28.2 Å². The number of sulfonamides is 1. The van der Waals surface area contributed by atoms with Crippen molar-refractivity contribution in [3.05, 3.63) is 65.5 Å². The van der Waals surface area contributed by atoms with Crippen molar-refractivity contribution >= 4 is 33.4 Å². The van der Waals surface area contributed by atoms with Gasteiger partial charge in [0.15, 0.2) is 0 Å². The average molecular weight is 439 g/mol. The van der Waals surface area contributed by atoms with Crippen LogP contribution in [0, 0.1) is 5.82 Å². The second-order valence-electron chi connectivity index (χ2n) is 7.62. The molecule has 0 saturated carbocycles. The maximum atomic E-state index is 14.0. The maximum absolute atomic E-state index is 14.0. The molecule has 0 unspecified atom stereocenters. The number of anilines is 1. The second-order valence-corrected chi connectivity index (χ2v) is 11.5. The first kappa shape index (κ1) is 23.2. The molecule has 0 aliphatic carbocycles. The number of nitrogens with one attached hydrogen (secondary N) is 1. The minimum atomic E-state index is -3.63. The van der Waals surface area contributed by atoms with Crippen molar-refractivity contribution in [3.8, 4) is 0 Å². The molecule has 2 rings (SSSR count). The molecule has 0 saturated heterocycles. The molecule has 8 heteroatoms. The summed E-state index contributed by atoms with van der Waals surface area (Å²) in [6.45, 7) is 6.78. The first-order valence-electron chi connectivity index (χ1n) is 9.21. The van der Waals surface area contributed by atoms with Gasteiger partial charge in [0.05, 0.1) is 18.5 Å². The third kappa shape index (κ3) is 7.36. The molecule has 0 atom stereocenters. The molecule has 5 nitrogen and oxygen atoms in total. The summed E-state index contributed by atoms with van der Waals surface area (Å²) >= 11 is 1.76. The fourth-order valence-corrected chi connectivity index (χ4v) is 4.28. The topological polar surface area (TPSA) is 66.5 Å². The van der Waals surface area contributed by atoms with Crippen LogP contribution in [0.25, 0.3) is 0 Å². The van der Waals surface area contributed by atoms with Crippen molar-refractivity contribution in [3.63, 3.8) is 0 Å². The first-order valence-corrected chi connectivity index (χ1v) is 12.0. The van der Waals surface area contributed by atoms with Gasteiger partial charge < -0.3 is 5.32 Å². The third-order valence-corrected chi connectivity index (χ3v) is 6.43. The van der Waals surface area contributed by atoms with Gasteiger partial charge in [-0.1, -0.05) is 39.0 Å². The van der Waals surface area contributed by atoms with Crippen LogP contribution in [0.1, 0.15) is 36.7 Å². The lowest BCUT2D eigenvalue weighted by atomic mass is 10.1. The highest BCUT2D eigenvalue weighted by Crippen LogP contribution is 2.23. The number of rotatable bonds is 8. The van der Waals surface area contributed by atoms with E-state index in [2.05, 4.69) is 26.1 Å². The molecular formula is C21H27FN2O3S2. The van der Waals surface area contributed by atoms with E-state index in [1.54, 1.807) is 54.2 Å². The quantitative estimate of drug-likeness (QED) is 0.632. The van der Waals surface area contributed by atoms with Crippen LogP contribution >= 0.6 is 11.8 Å². The molecule has 1 amide bonds. The van der Waals surface area contributed by atoms with E-state index in [1.165, 1.54) is 6.07 Å². The third-order valence-electron chi connectivity index (χ3n) is 4.01. The summed E-state index contributed by atoms with van der Waals surface area (Å²) in [5.41, 5.74) is 1.08. The van der Waals surface area contributed by atoms with Gasteiger partial charge in [0.1, 0.15) is 5.82 Å². The van der Waals surface area contributed by atoms with E-state index in [-0.39, 0.29) is 22.8 Å². The number of nitrogens with zero attached hydrogens (tertiary/aromatic N) is 1. The molecule has 2 aromatic carbocycles. The van der Waals surface area contributed by atoms with Gasteiger partial charge in [-0.25, -0.2) is 12.8 Å². The Morgan fingerprint density at radius 3 is 2.28 bits per heavy atom. The van der Waals surface area contributed by atoms with Crippen molar-refractivity contribution in [2.24, 2.45) is 0 Å². The zero-order valence-electron chi connectivity index (χ0n) is 17.1. The van der Waals surface area contributed by atoms with E-state index < -0.39 is 15.8 Å². The van der Waals surface area contributed by atoms with Crippen LogP contribution < -0.4 is 9.62 Å². The number of benzene rings is 2. The van der Waals surface area contributed by atoms with E-state index in [0.717, 1.165) is 16.3 Å². The normalized spacial score (nSPS) is 11.9. The SMILES string of the molecule is CC(C)(C)SCCNC(=O)c1ccc(N(Cc2ccccc2F)S(C)(=O)=O)cc1. The number of amides is 1. The van der Waals surface area contributed by atoms with Crippen LogP contribution in [-0.2, 0) is 16.6 Å². The summed E-state index contributed by atoms with van der Waals surface area (Å²) in [6, 6.07) is 12.3. The molecule has 29 heavy (non-hydrogen) atoms. The standard InChI is InChI=1S/C21H27FN2O3S2/c1-21(2,3)28-14-13-23-20(25)16-9-11-18(12-10-16)24(29(4,26)27)15-17-7-5-6-8-19(17)22/h5-12H,13-15H2,1-4H3,(H,23,25). The highest BCUT2D eigenvalue weighted by Gasteiger charge is 2.20. The smallest absolute Gasteiger partial charge is 0.251 e. The lowest BCUT2D eigenvalue weighted by molar-refractivity contribution is 0.0956. The summed E-state index contributed by atoms with van der Waals surface area (Å²) in [7, 11) is -3.63. The largest absolute Gasteiger partial charge is 0.351 e. The molecule has 0 fully saturated rings. The van der Waals surface area contributed by atoms with Crippen LogP contribution in [0.4, 0.5) is 10.1 Å². The van der Waals surface area contributed by atoms with Crippen LogP contribution in [0.15, 0.2) is 48.5 Å². The second kappa shape index (κ2) is 9.63. The Hall–Kier alpha value is -2.06. The fourth-order valence-electron chi connectivity index (χ4n) is 2.58. The summed E-state index contributed by atoms with van der Waals surface area (Å²) in [5, 5.41) is 2.86. The number of hydrogen-bond acceptors (Lipinski definition) is 4. The predicted molar refractivity (Wildman–Crippen MR) is 118 cm³/mol. The van der Waals surface area contributed by atoms with Gasteiger partial charge in [-0.05, 0) is 30.3 Å². The molecular weight excluding hydrogens is 411 g/mol. The Kier molecular flexibility index (Phi) is 7.71. The Morgan fingerprint density at radius 1 is 1.10 bits per heavy atom. The molecule has 0 bridgehead atoms. The first-order chi connectivity index (χ1) is 13.5. The van der Waals surface area contributed by atoms with Crippen molar-refractivity contribution in [1.82, 2.24) is 5.32 Å². The van der Waals surface area contributed by atoms with Crippen molar-refractivity contribution < 1.29 is 17.6 Å². The molecule has 0 aliphatic heterocycles. The Balaban J connectivity index is 2.09. The molecule has 0 radical (unpaired) electrons. The molecule has 158 valence electrons. The van der Waals surface area contributed by atoms with Crippen molar-refractivity contribution in [2.75, 3.05) is 22.9 Å². The molecule has 0 heterocycles. The van der Waals surface area contributed by atoms with Crippen molar-refractivity contribution in [1.29, 1.82) is 0 Å². The Labute approximate surface area is 176 Å². The van der Waals surface area contributed by atoms with E-state index in [0.29, 0.717) is 17.8 Å². The monoisotopic (exact) mass is 438 g/mol. The molecule has 2 aromatic rings. The summed E-state index contributed by atoms with van der Waals surface area (Å²) in [6.07, 6.45) is 1.07. The van der Waals surface area contributed by atoms with Gasteiger partial charge in [0.25, 0.3) is 5.91 Å². The minimum Gasteiger partial charge on any atom is -0.351 e. The minimum absolute atomic E-state index is 0.124. The Bertz CT molecular complexity index is 939. The van der Waals surface area contributed by atoms with Gasteiger partial charge >= 0.3 is 0 Å². The van der Waals surface area contributed by atoms with E-state index >= 15 is 0 Å². The fraction of sp³-hybridized carbons (Fsp3) is 0.381. The maximum Gasteiger partial charge on any atom is 0.251 e. The van der Waals surface area contributed by atoms with Crippen LogP contribution in [0.3, 0.4) is 0 Å². The van der Waals surface area contributed by atoms with Gasteiger partial charge in [-0.2, -0.15) is 11.8 Å². The highest BCUT2D eigenvalue weighted by atomic mass is 32.2. The number of thioether (sulfide) groups is 1. The predicted octanol–water partition coefficient (Wildman–Crippen LogP) is 4.05. The van der Waals surface area contributed by atoms with Crippen LogP contribution in [-0.4, -0.2) is 37.6 Å². The molecule has 0 aromatic heterocycles. The van der Waals surface area contributed by atoms with E-state index in [9.17, 15) is 17.6 Å². The van der Waals surface area contributed by atoms with Crippen LogP contribution in [0.5, 0.6) is 0 Å². The summed E-state index contributed by atoms with van der Waals surface area (Å²) in [4.78, 5) is 12.3. The zero-order valence-corrected chi connectivity index (χ0v) is 18.7.